The Bertz CT molecular complexity index is 493. The highest BCUT2D eigenvalue weighted by Crippen LogP contribution is 2.06. The number of nitrogens with zero attached hydrogens (tertiary/aromatic N) is 1. The van der Waals surface area contributed by atoms with E-state index in [9.17, 15) is 4.79 Å². The van der Waals surface area contributed by atoms with Gasteiger partial charge in [0.2, 0.25) is 0 Å². The van der Waals surface area contributed by atoms with Crippen LogP contribution in [0.2, 0.25) is 0 Å². The Morgan fingerprint density at radius 2 is 2.21 bits per heavy atom. The molecule has 0 radical (unpaired) electrons. The van der Waals surface area contributed by atoms with Crippen molar-refractivity contribution in [2.45, 2.75) is 39.7 Å². The molecule has 0 aliphatic rings. The van der Waals surface area contributed by atoms with Crippen molar-refractivity contribution in [3.63, 3.8) is 0 Å². The van der Waals surface area contributed by atoms with Gasteiger partial charge in [0.25, 0.3) is 0 Å². The first kappa shape index (κ1) is 15.0. The molecule has 102 valence electrons. The molecule has 0 unspecified atom stereocenters. The largest absolute Gasteiger partial charge is 0.444 e. The van der Waals surface area contributed by atoms with Crippen LogP contribution in [0.15, 0.2) is 18.3 Å². The van der Waals surface area contributed by atoms with Crippen LogP contribution in [0.3, 0.4) is 0 Å². The molecule has 0 spiro atoms. The summed E-state index contributed by atoms with van der Waals surface area (Å²) in [6.07, 6.45) is 1.88. The van der Waals surface area contributed by atoms with Crippen LogP contribution >= 0.6 is 0 Å². The van der Waals surface area contributed by atoms with Crippen LogP contribution in [0.4, 0.5) is 4.79 Å². The summed E-state index contributed by atoms with van der Waals surface area (Å²) in [5.74, 6) is 5.92. The van der Waals surface area contributed by atoms with Gasteiger partial charge in [-0.3, -0.25) is 0 Å². The number of ether oxygens (including phenoxy) is 1. The van der Waals surface area contributed by atoms with Crippen molar-refractivity contribution < 1.29 is 9.53 Å². The lowest BCUT2D eigenvalue weighted by atomic mass is 10.2. The molecule has 4 nitrogen and oxygen atoms in total. The molecule has 0 fully saturated rings. The lowest BCUT2D eigenvalue weighted by molar-refractivity contribution is 0.0529. The van der Waals surface area contributed by atoms with E-state index in [0.717, 1.165) is 11.3 Å². The molecule has 19 heavy (non-hydrogen) atoms. The van der Waals surface area contributed by atoms with Crippen LogP contribution in [0, 0.1) is 18.8 Å². The first-order chi connectivity index (χ1) is 8.87. The molecule has 0 aromatic carbocycles. The standard InChI is InChI=1S/C15H20N2O2/c1-12-8-10-16-13(11-12)7-5-6-9-17-14(18)19-15(2,3)4/h8,10-11H,6,9H2,1-4H3,(H,17,18). The van der Waals surface area contributed by atoms with Gasteiger partial charge < -0.3 is 10.1 Å². The predicted molar refractivity (Wildman–Crippen MR) is 74.7 cm³/mol. The maximum absolute atomic E-state index is 11.3. The Labute approximate surface area is 114 Å². The Morgan fingerprint density at radius 1 is 1.47 bits per heavy atom. The van der Waals surface area contributed by atoms with Crippen LogP contribution in [0.1, 0.15) is 38.4 Å². The third-order valence-electron chi connectivity index (χ3n) is 2.05. The zero-order valence-corrected chi connectivity index (χ0v) is 11.9. The molecule has 1 heterocycles. The Morgan fingerprint density at radius 3 is 2.84 bits per heavy atom. The fourth-order valence-electron chi connectivity index (χ4n) is 1.30. The van der Waals surface area contributed by atoms with Gasteiger partial charge in [-0.05, 0) is 51.3 Å². The number of carbonyl (C=O) groups is 1. The predicted octanol–water partition coefficient (Wildman–Crippen LogP) is 2.66. The van der Waals surface area contributed by atoms with E-state index in [1.807, 2.05) is 39.8 Å². The van der Waals surface area contributed by atoms with E-state index in [-0.39, 0.29) is 0 Å². The molecule has 4 heteroatoms. The van der Waals surface area contributed by atoms with E-state index in [2.05, 4.69) is 22.1 Å². The average molecular weight is 260 g/mol. The Kier molecular flexibility index (Phi) is 5.37. The fraction of sp³-hybridized carbons (Fsp3) is 0.467. The smallest absolute Gasteiger partial charge is 0.407 e. The summed E-state index contributed by atoms with van der Waals surface area (Å²) in [4.78, 5) is 15.5. The molecule has 0 bridgehead atoms. The normalized spacial score (nSPS) is 10.3. The fourth-order valence-corrected chi connectivity index (χ4v) is 1.30. The van der Waals surface area contributed by atoms with Crippen LogP contribution in [-0.4, -0.2) is 23.2 Å². The highest BCUT2D eigenvalue weighted by Gasteiger charge is 2.15. The number of aryl methyl sites for hydroxylation is 1. The molecule has 1 rings (SSSR count). The summed E-state index contributed by atoms with van der Waals surface area (Å²) in [6, 6.07) is 3.85. The van der Waals surface area contributed by atoms with Gasteiger partial charge in [0.1, 0.15) is 11.3 Å². The molecule has 0 saturated heterocycles. The molecule has 1 amide bonds. The molecule has 0 saturated carbocycles. The Balaban J connectivity index is 2.30. The quantitative estimate of drug-likeness (QED) is 0.657. The SMILES string of the molecule is Cc1ccnc(C#CCCNC(=O)OC(C)(C)C)c1. The minimum absolute atomic E-state index is 0.414. The number of rotatable bonds is 2. The van der Waals surface area contributed by atoms with Gasteiger partial charge in [-0.25, -0.2) is 9.78 Å². The molecule has 0 aliphatic heterocycles. The maximum atomic E-state index is 11.3. The van der Waals surface area contributed by atoms with E-state index in [0.29, 0.717) is 13.0 Å². The van der Waals surface area contributed by atoms with E-state index in [1.54, 1.807) is 6.20 Å². The van der Waals surface area contributed by atoms with E-state index in [4.69, 9.17) is 4.74 Å². The second-order valence-corrected chi connectivity index (χ2v) is 5.20. The van der Waals surface area contributed by atoms with Crippen LogP contribution in [0.5, 0.6) is 0 Å². The minimum atomic E-state index is -0.471. The van der Waals surface area contributed by atoms with Gasteiger partial charge in [-0.15, -0.1) is 0 Å². The molecule has 1 aromatic rings. The monoisotopic (exact) mass is 260 g/mol. The van der Waals surface area contributed by atoms with E-state index >= 15 is 0 Å². The van der Waals surface area contributed by atoms with Crippen LogP contribution in [-0.2, 0) is 4.74 Å². The van der Waals surface area contributed by atoms with Crippen molar-refractivity contribution >= 4 is 6.09 Å². The van der Waals surface area contributed by atoms with E-state index < -0.39 is 11.7 Å². The summed E-state index contributed by atoms with van der Waals surface area (Å²) < 4.78 is 5.11. The highest BCUT2D eigenvalue weighted by molar-refractivity contribution is 5.67. The average Bonchev–Trinajstić information content (AvgIpc) is 2.26. The number of amides is 1. The molecule has 1 aromatic heterocycles. The van der Waals surface area contributed by atoms with Crippen molar-refractivity contribution in [1.29, 1.82) is 0 Å². The van der Waals surface area contributed by atoms with Crippen molar-refractivity contribution in [3.05, 3.63) is 29.6 Å². The van der Waals surface area contributed by atoms with Gasteiger partial charge in [-0.1, -0.05) is 5.92 Å². The van der Waals surface area contributed by atoms with Crippen molar-refractivity contribution in [3.8, 4) is 11.8 Å². The third-order valence-corrected chi connectivity index (χ3v) is 2.05. The van der Waals surface area contributed by atoms with Gasteiger partial charge in [-0.2, -0.15) is 0 Å². The van der Waals surface area contributed by atoms with Crippen molar-refractivity contribution in [2.75, 3.05) is 6.54 Å². The maximum Gasteiger partial charge on any atom is 0.407 e. The summed E-state index contributed by atoms with van der Waals surface area (Å²) in [6.45, 7) is 7.95. The van der Waals surface area contributed by atoms with Crippen LogP contribution < -0.4 is 5.32 Å². The summed E-state index contributed by atoms with van der Waals surface area (Å²) in [5, 5.41) is 2.65. The lowest BCUT2D eigenvalue weighted by Gasteiger charge is -2.19. The van der Waals surface area contributed by atoms with Crippen LogP contribution in [0.25, 0.3) is 0 Å². The first-order valence-corrected chi connectivity index (χ1v) is 6.25. The number of aromatic nitrogens is 1. The molecule has 0 aliphatic carbocycles. The number of hydrogen-bond acceptors (Lipinski definition) is 3. The summed E-state index contributed by atoms with van der Waals surface area (Å²) >= 11 is 0. The molecule has 0 atom stereocenters. The topological polar surface area (TPSA) is 51.2 Å². The summed E-state index contributed by atoms with van der Waals surface area (Å²) in [7, 11) is 0. The number of hydrogen-bond donors (Lipinski definition) is 1. The minimum Gasteiger partial charge on any atom is -0.444 e. The lowest BCUT2D eigenvalue weighted by Crippen LogP contribution is -2.32. The van der Waals surface area contributed by atoms with Gasteiger partial charge >= 0.3 is 6.09 Å². The second-order valence-electron chi connectivity index (χ2n) is 5.20. The Hall–Kier alpha value is -2.02. The second kappa shape index (κ2) is 6.79. The molecular formula is C15H20N2O2. The molecular weight excluding hydrogens is 240 g/mol. The van der Waals surface area contributed by atoms with Gasteiger partial charge in [0, 0.05) is 19.2 Å². The highest BCUT2D eigenvalue weighted by atomic mass is 16.6. The van der Waals surface area contributed by atoms with Crippen molar-refractivity contribution in [1.82, 2.24) is 10.3 Å². The zero-order chi connectivity index (χ0) is 14.3. The van der Waals surface area contributed by atoms with E-state index in [1.165, 1.54) is 0 Å². The van der Waals surface area contributed by atoms with Crippen molar-refractivity contribution in [2.24, 2.45) is 0 Å². The number of pyridine rings is 1. The third kappa shape index (κ3) is 7.10. The first-order valence-electron chi connectivity index (χ1n) is 6.25. The zero-order valence-electron chi connectivity index (χ0n) is 11.9. The summed E-state index contributed by atoms with van der Waals surface area (Å²) in [5.41, 5.74) is 1.41. The molecule has 1 N–H and O–H groups in total. The van der Waals surface area contributed by atoms with Gasteiger partial charge in [0.05, 0.1) is 0 Å². The number of carbonyl (C=O) groups excluding carboxylic acids is 1. The number of alkyl carbamates (subject to hydrolysis) is 1. The number of nitrogens with one attached hydrogen (secondary N) is 1. The van der Waals surface area contributed by atoms with Gasteiger partial charge in [0.15, 0.2) is 0 Å².